The molecule has 0 aliphatic heterocycles. The smallest absolute Gasteiger partial charge is 0.224 e. The number of carbonyl (C=O) groups excluding carboxylic acids is 1. The Morgan fingerprint density at radius 1 is 1.53 bits per heavy atom. The Labute approximate surface area is 118 Å². The summed E-state index contributed by atoms with van der Waals surface area (Å²) in [6.45, 7) is 2.24. The molecule has 0 radical (unpaired) electrons. The average Bonchev–Trinajstić information content (AvgIpc) is 2.38. The number of anilines is 2. The van der Waals surface area contributed by atoms with Crippen molar-refractivity contribution in [2.75, 3.05) is 29.2 Å². The van der Waals surface area contributed by atoms with Crippen molar-refractivity contribution in [1.82, 2.24) is 0 Å². The van der Waals surface area contributed by atoms with E-state index in [0.717, 1.165) is 23.6 Å². The van der Waals surface area contributed by atoms with Gasteiger partial charge in [0.05, 0.1) is 0 Å². The Bertz CT molecular complexity index is 399. The van der Waals surface area contributed by atoms with Crippen molar-refractivity contribution in [2.45, 2.75) is 19.8 Å². The second kappa shape index (κ2) is 8.82. The molecule has 0 bridgehead atoms. The first-order valence-electron chi connectivity index (χ1n) is 6.46. The monoisotopic (exact) mass is 282 g/mol. The fraction of sp³-hybridized carbons (Fsp3) is 0.500. The van der Waals surface area contributed by atoms with Crippen LogP contribution in [-0.2, 0) is 4.79 Å². The third-order valence-corrected chi connectivity index (χ3v) is 3.96. The maximum absolute atomic E-state index is 11.7. The molecular formula is C14H22N2O2S. The number of nitrogen functional groups attached to an aromatic ring is 1. The van der Waals surface area contributed by atoms with Gasteiger partial charge < -0.3 is 16.2 Å². The molecule has 0 fully saturated rings. The molecule has 0 saturated carbocycles. The number of nitrogens with two attached hydrogens (primary N) is 1. The summed E-state index contributed by atoms with van der Waals surface area (Å²) in [7, 11) is 0. The molecule has 5 heteroatoms. The SMILES string of the molecule is CC(CO)CSCCCC(=O)Nc1cccc(N)c1. The van der Waals surface area contributed by atoms with Crippen LogP contribution in [0.3, 0.4) is 0 Å². The van der Waals surface area contributed by atoms with Gasteiger partial charge in [0.15, 0.2) is 0 Å². The highest BCUT2D eigenvalue weighted by molar-refractivity contribution is 7.99. The number of thioether (sulfide) groups is 1. The maximum atomic E-state index is 11.7. The lowest BCUT2D eigenvalue weighted by atomic mass is 10.2. The van der Waals surface area contributed by atoms with Crippen molar-refractivity contribution in [3.8, 4) is 0 Å². The molecule has 0 aliphatic carbocycles. The van der Waals surface area contributed by atoms with E-state index in [1.54, 1.807) is 23.9 Å². The predicted molar refractivity (Wildman–Crippen MR) is 82.3 cm³/mol. The molecule has 1 aromatic rings. The van der Waals surface area contributed by atoms with Crippen molar-refractivity contribution >= 4 is 29.0 Å². The summed E-state index contributed by atoms with van der Waals surface area (Å²) in [5.74, 6) is 2.22. The van der Waals surface area contributed by atoms with Crippen molar-refractivity contribution in [2.24, 2.45) is 5.92 Å². The van der Waals surface area contributed by atoms with Crippen LogP contribution in [0.4, 0.5) is 11.4 Å². The van der Waals surface area contributed by atoms with E-state index >= 15 is 0 Å². The number of benzene rings is 1. The van der Waals surface area contributed by atoms with Crippen LogP contribution in [0.5, 0.6) is 0 Å². The number of carbonyl (C=O) groups is 1. The summed E-state index contributed by atoms with van der Waals surface area (Å²) in [4.78, 5) is 11.7. The molecular weight excluding hydrogens is 260 g/mol. The third kappa shape index (κ3) is 7.08. The number of hydrogen-bond donors (Lipinski definition) is 3. The first-order valence-corrected chi connectivity index (χ1v) is 7.61. The van der Waals surface area contributed by atoms with Gasteiger partial charge in [0, 0.05) is 24.4 Å². The summed E-state index contributed by atoms with van der Waals surface area (Å²) in [6.07, 6.45) is 1.35. The molecule has 0 spiro atoms. The van der Waals surface area contributed by atoms with E-state index in [1.165, 1.54) is 0 Å². The Hall–Kier alpha value is -1.20. The number of nitrogens with one attached hydrogen (secondary N) is 1. The lowest BCUT2D eigenvalue weighted by Crippen LogP contribution is -2.12. The summed E-state index contributed by atoms with van der Waals surface area (Å²) < 4.78 is 0. The van der Waals surface area contributed by atoms with Gasteiger partial charge in [-0.15, -0.1) is 0 Å². The van der Waals surface area contributed by atoms with E-state index in [4.69, 9.17) is 10.8 Å². The molecule has 1 atom stereocenters. The maximum Gasteiger partial charge on any atom is 0.224 e. The van der Waals surface area contributed by atoms with Gasteiger partial charge in [-0.1, -0.05) is 13.0 Å². The van der Waals surface area contributed by atoms with Crippen molar-refractivity contribution in [3.63, 3.8) is 0 Å². The number of hydrogen-bond acceptors (Lipinski definition) is 4. The van der Waals surface area contributed by atoms with Crippen molar-refractivity contribution < 1.29 is 9.90 Å². The van der Waals surface area contributed by atoms with Gasteiger partial charge in [-0.3, -0.25) is 4.79 Å². The van der Waals surface area contributed by atoms with Gasteiger partial charge in [0.25, 0.3) is 0 Å². The van der Waals surface area contributed by atoms with Crippen LogP contribution in [0.2, 0.25) is 0 Å². The largest absolute Gasteiger partial charge is 0.399 e. The van der Waals surface area contributed by atoms with Crippen LogP contribution < -0.4 is 11.1 Å². The zero-order valence-electron chi connectivity index (χ0n) is 11.3. The number of rotatable bonds is 8. The minimum atomic E-state index is 0.0152. The summed E-state index contributed by atoms with van der Waals surface area (Å²) in [5, 5.41) is 11.7. The fourth-order valence-corrected chi connectivity index (χ4v) is 2.53. The first kappa shape index (κ1) is 15.9. The minimum absolute atomic E-state index is 0.0152. The second-order valence-electron chi connectivity index (χ2n) is 4.64. The van der Waals surface area contributed by atoms with Gasteiger partial charge in [-0.2, -0.15) is 11.8 Å². The molecule has 106 valence electrons. The molecule has 1 amide bonds. The average molecular weight is 282 g/mol. The predicted octanol–water partition coefficient (Wildman–Crippen LogP) is 2.35. The lowest BCUT2D eigenvalue weighted by molar-refractivity contribution is -0.116. The molecule has 1 rings (SSSR count). The minimum Gasteiger partial charge on any atom is -0.399 e. The van der Waals surface area contributed by atoms with Crippen LogP contribution in [0.25, 0.3) is 0 Å². The van der Waals surface area contributed by atoms with E-state index in [0.29, 0.717) is 18.0 Å². The molecule has 0 aromatic heterocycles. The highest BCUT2D eigenvalue weighted by Gasteiger charge is 2.04. The molecule has 4 N–H and O–H groups in total. The molecule has 4 nitrogen and oxygen atoms in total. The van der Waals surface area contributed by atoms with Gasteiger partial charge in [0.1, 0.15) is 0 Å². The Morgan fingerprint density at radius 3 is 3.00 bits per heavy atom. The van der Waals surface area contributed by atoms with E-state index in [2.05, 4.69) is 5.32 Å². The molecule has 0 aliphatic rings. The number of amides is 1. The molecule has 0 heterocycles. The zero-order valence-corrected chi connectivity index (χ0v) is 12.1. The highest BCUT2D eigenvalue weighted by Crippen LogP contribution is 2.13. The first-order chi connectivity index (χ1) is 9.11. The van der Waals surface area contributed by atoms with Crippen LogP contribution in [0.1, 0.15) is 19.8 Å². The third-order valence-electron chi connectivity index (χ3n) is 2.58. The molecule has 19 heavy (non-hydrogen) atoms. The summed E-state index contributed by atoms with van der Waals surface area (Å²) in [5.41, 5.74) is 7.03. The zero-order chi connectivity index (χ0) is 14.1. The van der Waals surface area contributed by atoms with Crippen LogP contribution in [0, 0.1) is 5.92 Å². The second-order valence-corrected chi connectivity index (χ2v) is 5.79. The Kier molecular flexibility index (Phi) is 7.36. The standard InChI is InChI=1S/C14H22N2O2S/c1-11(9-17)10-19-7-3-6-14(18)16-13-5-2-4-12(15)8-13/h2,4-5,8,11,17H,3,6-7,9-10,15H2,1H3,(H,16,18). The van der Waals surface area contributed by atoms with Gasteiger partial charge in [0.2, 0.25) is 5.91 Å². The van der Waals surface area contributed by atoms with Crippen LogP contribution in [0.15, 0.2) is 24.3 Å². The Morgan fingerprint density at radius 2 is 2.32 bits per heavy atom. The molecule has 1 unspecified atom stereocenters. The lowest BCUT2D eigenvalue weighted by Gasteiger charge is -2.07. The van der Waals surface area contributed by atoms with E-state index in [1.807, 2.05) is 19.1 Å². The van der Waals surface area contributed by atoms with E-state index < -0.39 is 0 Å². The normalized spacial score (nSPS) is 12.1. The quantitative estimate of drug-likeness (QED) is 0.505. The summed E-state index contributed by atoms with van der Waals surface area (Å²) >= 11 is 1.78. The van der Waals surface area contributed by atoms with Crippen molar-refractivity contribution in [3.05, 3.63) is 24.3 Å². The van der Waals surface area contributed by atoms with Crippen molar-refractivity contribution in [1.29, 1.82) is 0 Å². The number of aliphatic hydroxyl groups is 1. The summed E-state index contributed by atoms with van der Waals surface area (Å²) in [6, 6.07) is 7.17. The van der Waals surface area contributed by atoms with Crippen LogP contribution in [-0.4, -0.2) is 29.1 Å². The topological polar surface area (TPSA) is 75.3 Å². The van der Waals surface area contributed by atoms with E-state index in [-0.39, 0.29) is 12.5 Å². The highest BCUT2D eigenvalue weighted by atomic mass is 32.2. The van der Waals surface area contributed by atoms with Crippen LogP contribution >= 0.6 is 11.8 Å². The fourth-order valence-electron chi connectivity index (χ4n) is 1.51. The Balaban J connectivity index is 2.15. The van der Waals surface area contributed by atoms with Gasteiger partial charge >= 0.3 is 0 Å². The van der Waals surface area contributed by atoms with E-state index in [9.17, 15) is 4.79 Å². The van der Waals surface area contributed by atoms with Gasteiger partial charge in [-0.25, -0.2) is 0 Å². The number of aliphatic hydroxyl groups excluding tert-OH is 1. The molecule has 1 aromatic carbocycles. The van der Waals surface area contributed by atoms with Gasteiger partial charge in [-0.05, 0) is 42.0 Å². The molecule has 0 saturated heterocycles.